The molecule has 0 atom stereocenters. The number of hydrogen-bond donors (Lipinski definition) is 2. The van der Waals surface area contributed by atoms with Crippen molar-refractivity contribution in [3.05, 3.63) is 29.6 Å². The molecule has 0 saturated carbocycles. The topological polar surface area (TPSA) is 62.2 Å². The summed E-state index contributed by atoms with van der Waals surface area (Å²) in [6, 6.07) is 1.64. The van der Waals surface area contributed by atoms with Gasteiger partial charge >= 0.3 is 0 Å². The van der Waals surface area contributed by atoms with Crippen LogP contribution in [0.2, 0.25) is 0 Å². The molecule has 0 aliphatic heterocycles. The van der Waals surface area contributed by atoms with Crippen LogP contribution in [0.15, 0.2) is 18.5 Å². The van der Waals surface area contributed by atoms with Crippen LogP contribution < -0.4 is 5.32 Å². The molecule has 4 nitrogen and oxygen atoms in total. The van der Waals surface area contributed by atoms with E-state index in [1.54, 1.807) is 12.3 Å². The largest absolute Gasteiger partial charge is 0.384 e. The van der Waals surface area contributed by atoms with Crippen molar-refractivity contribution in [2.75, 3.05) is 13.2 Å². The highest BCUT2D eigenvalue weighted by atomic mass is 16.2. The predicted molar refractivity (Wildman–Crippen MR) is 56.2 cm³/mol. The van der Waals surface area contributed by atoms with Gasteiger partial charge in [-0.05, 0) is 13.0 Å². The van der Waals surface area contributed by atoms with E-state index in [9.17, 15) is 4.79 Å². The van der Waals surface area contributed by atoms with Crippen LogP contribution in [0.3, 0.4) is 0 Å². The second kappa shape index (κ2) is 5.78. The molecule has 0 fully saturated rings. The Morgan fingerprint density at radius 1 is 1.60 bits per heavy atom. The molecule has 1 heterocycles. The molecule has 0 aliphatic rings. The molecule has 0 spiro atoms. The second-order valence-electron chi connectivity index (χ2n) is 2.78. The van der Waals surface area contributed by atoms with Gasteiger partial charge in [-0.25, -0.2) is 0 Å². The Bertz CT molecular complexity index is 405. The van der Waals surface area contributed by atoms with Crippen molar-refractivity contribution < 1.29 is 9.90 Å². The predicted octanol–water partition coefficient (Wildman–Crippen LogP) is 0.175. The van der Waals surface area contributed by atoms with Crippen LogP contribution in [0, 0.1) is 11.8 Å². The standard InChI is InChI=1S/C11H12N2O2/c1-2-13-11(15)10-6-9(4-3-5-14)7-12-8-10/h6-8,14H,2,5H2,1H3,(H,13,15). The molecule has 2 N–H and O–H groups in total. The lowest BCUT2D eigenvalue weighted by atomic mass is 10.2. The number of pyridine rings is 1. The van der Waals surface area contributed by atoms with E-state index in [0.29, 0.717) is 17.7 Å². The highest BCUT2D eigenvalue weighted by molar-refractivity contribution is 5.94. The van der Waals surface area contributed by atoms with E-state index in [2.05, 4.69) is 22.1 Å². The van der Waals surface area contributed by atoms with E-state index in [1.807, 2.05) is 6.92 Å². The second-order valence-corrected chi connectivity index (χ2v) is 2.78. The van der Waals surface area contributed by atoms with Crippen molar-refractivity contribution >= 4 is 5.91 Å². The van der Waals surface area contributed by atoms with Gasteiger partial charge in [0.2, 0.25) is 0 Å². The monoisotopic (exact) mass is 204 g/mol. The summed E-state index contributed by atoms with van der Waals surface area (Å²) in [7, 11) is 0. The Morgan fingerprint density at radius 3 is 3.07 bits per heavy atom. The molecule has 15 heavy (non-hydrogen) atoms. The summed E-state index contributed by atoms with van der Waals surface area (Å²) in [5.74, 6) is 5.02. The van der Waals surface area contributed by atoms with Gasteiger partial charge in [0.05, 0.1) is 5.56 Å². The average Bonchev–Trinajstić information content (AvgIpc) is 2.27. The number of aliphatic hydroxyl groups excluding tert-OH is 1. The van der Waals surface area contributed by atoms with Crippen molar-refractivity contribution in [1.82, 2.24) is 10.3 Å². The molecular weight excluding hydrogens is 192 g/mol. The zero-order valence-electron chi connectivity index (χ0n) is 8.45. The summed E-state index contributed by atoms with van der Waals surface area (Å²) < 4.78 is 0. The van der Waals surface area contributed by atoms with E-state index in [4.69, 9.17) is 5.11 Å². The fourth-order valence-corrected chi connectivity index (χ4v) is 1.04. The van der Waals surface area contributed by atoms with Crippen LogP contribution in [0.4, 0.5) is 0 Å². The van der Waals surface area contributed by atoms with Gasteiger partial charge in [0, 0.05) is 24.5 Å². The van der Waals surface area contributed by atoms with Gasteiger partial charge in [0.25, 0.3) is 5.91 Å². The first-order valence-electron chi connectivity index (χ1n) is 4.61. The van der Waals surface area contributed by atoms with Gasteiger partial charge in [-0.15, -0.1) is 0 Å². The summed E-state index contributed by atoms with van der Waals surface area (Å²) in [6.45, 7) is 2.22. The van der Waals surface area contributed by atoms with Crippen molar-refractivity contribution in [1.29, 1.82) is 0 Å². The smallest absolute Gasteiger partial charge is 0.252 e. The summed E-state index contributed by atoms with van der Waals surface area (Å²) in [6.07, 6.45) is 3.03. The van der Waals surface area contributed by atoms with Crippen molar-refractivity contribution in [3.63, 3.8) is 0 Å². The Kier molecular flexibility index (Phi) is 4.32. The Morgan fingerprint density at radius 2 is 2.40 bits per heavy atom. The molecule has 0 aromatic carbocycles. The zero-order valence-corrected chi connectivity index (χ0v) is 8.45. The summed E-state index contributed by atoms with van der Waals surface area (Å²) >= 11 is 0. The fourth-order valence-electron chi connectivity index (χ4n) is 1.04. The number of nitrogens with one attached hydrogen (secondary N) is 1. The van der Waals surface area contributed by atoms with Crippen LogP contribution in [-0.4, -0.2) is 29.1 Å². The van der Waals surface area contributed by atoms with E-state index >= 15 is 0 Å². The molecule has 4 heteroatoms. The van der Waals surface area contributed by atoms with Gasteiger partial charge in [-0.2, -0.15) is 0 Å². The molecule has 0 radical (unpaired) electrons. The van der Waals surface area contributed by atoms with Crippen LogP contribution >= 0.6 is 0 Å². The molecule has 0 unspecified atom stereocenters. The number of amides is 1. The Hall–Kier alpha value is -1.86. The van der Waals surface area contributed by atoms with Gasteiger partial charge in [-0.3, -0.25) is 9.78 Å². The molecule has 0 bridgehead atoms. The minimum absolute atomic E-state index is 0.169. The number of rotatable bonds is 2. The van der Waals surface area contributed by atoms with Crippen molar-refractivity contribution in [2.45, 2.75) is 6.92 Å². The maximum absolute atomic E-state index is 11.4. The normalized spacial score (nSPS) is 8.93. The number of carbonyl (C=O) groups excluding carboxylic acids is 1. The minimum atomic E-state index is -0.203. The third-order valence-corrected chi connectivity index (χ3v) is 1.65. The van der Waals surface area contributed by atoms with Crippen molar-refractivity contribution in [2.24, 2.45) is 0 Å². The number of nitrogens with zero attached hydrogens (tertiary/aromatic N) is 1. The first-order valence-corrected chi connectivity index (χ1v) is 4.61. The molecule has 0 aliphatic carbocycles. The maximum atomic E-state index is 11.4. The van der Waals surface area contributed by atoms with E-state index in [-0.39, 0.29) is 12.5 Å². The third-order valence-electron chi connectivity index (χ3n) is 1.65. The third kappa shape index (κ3) is 3.41. The number of carbonyl (C=O) groups is 1. The number of aromatic nitrogens is 1. The molecule has 1 aromatic heterocycles. The van der Waals surface area contributed by atoms with Crippen molar-refractivity contribution in [3.8, 4) is 11.8 Å². The Labute approximate surface area is 88.3 Å². The van der Waals surface area contributed by atoms with Gasteiger partial charge in [0.1, 0.15) is 6.61 Å². The first-order chi connectivity index (χ1) is 7.27. The molecule has 1 rings (SSSR count). The van der Waals surface area contributed by atoms with Crippen LogP contribution in [0.1, 0.15) is 22.8 Å². The molecule has 78 valence electrons. The van der Waals surface area contributed by atoms with E-state index < -0.39 is 0 Å². The molecule has 1 amide bonds. The first kappa shape index (κ1) is 11.2. The van der Waals surface area contributed by atoms with Gasteiger partial charge < -0.3 is 10.4 Å². The quantitative estimate of drug-likeness (QED) is 0.675. The highest BCUT2D eigenvalue weighted by Gasteiger charge is 2.03. The summed E-state index contributed by atoms with van der Waals surface area (Å²) in [4.78, 5) is 15.3. The zero-order chi connectivity index (χ0) is 11.1. The maximum Gasteiger partial charge on any atom is 0.252 e. The molecule has 0 saturated heterocycles. The minimum Gasteiger partial charge on any atom is -0.384 e. The molecule has 1 aromatic rings. The highest BCUT2D eigenvalue weighted by Crippen LogP contribution is 2.01. The van der Waals surface area contributed by atoms with Gasteiger partial charge in [0.15, 0.2) is 0 Å². The van der Waals surface area contributed by atoms with E-state index in [1.165, 1.54) is 6.20 Å². The summed E-state index contributed by atoms with van der Waals surface area (Å²) in [5, 5.41) is 11.2. The Balaban J connectivity index is 2.87. The van der Waals surface area contributed by atoms with Crippen LogP contribution in [0.5, 0.6) is 0 Å². The number of aliphatic hydroxyl groups is 1. The number of hydrogen-bond acceptors (Lipinski definition) is 3. The van der Waals surface area contributed by atoms with E-state index in [0.717, 1.165) is 0 Å². The SMILES string of the molecule is CCNC(=O)c1cncc(C#CCO)c1. The van der Waals surface area contributed by atoms with Crippen LogP contribution in [-0.2, 0) is 0 Å². The summed E-state index contributed by atoms with van der Waals surface area (Å²) in [5.41, 5.74) is 1.09. The average molecular weight is 204 g/mol. The lowest BCUT2D eigenvalue weighted by Crippen LogP contribution is -2.22. The van der Waals surface area contributed by atoms with Gasteiger partial charge in [-0.1, -0.05) is 11.8 Å². The van der Waals surface area contributed by atoms with Crippen LogP contribution in [0.25, 0.3) is 0 Å². The fraction of sp³-hybridized carbons (Fsp3) is 0.273. The lowest BCUT2D eigenvalue weighted by Gasteiger charge is -2.01. The lowest BCUT2D eigenvalue weighted by molar-refractivity contribution is 0.0955. The molecular formula is C11H12N2O2.